The van der Waals surface area contributed by atoms with Gasteiger partial charge >= 0.3 is 0 Å². The van der Waals surface area contributed by atoms with Crippen LogP contribution in [-0.2, 0) is 0 Å². The van der Waals surface area contributed by atoms with Crippen molar-refractivity contribution < 1.29 is 9.32 Å². The number of halogens is 1. The highest BCUT2D eigenvalue weighted by atomic mass is 35.5. The number of anilines is 1. The van der Waals surface area contributed by atoms with Crippen LogP contribution in [0.1, 0.15) is 21.7 Å². The van der Waals surface area contributed by atoms with Crippen molar-refractivity contribution >= 4 is 23.2 Å². The Bertz CT molecular complexity index is 885. The molecular formula is C19H17ClN2O2. The Morgan fingerprint density at radius 3 is 2.42 bits per heavy atom. The Hall–Kier alpha value is -2.59. The van der Waals surface area contributed by atoms with Crippen LogP contribution in [0.25, 0.3) is 11.3 Å². The predicted octanol–water partition coefficient (Wildman–Crippen LogP) is 4.89. The molecule has 1 amide bonds. The van der Waals surface area contributed by atoms with Gasteiger partial charge in [0.05, 0.1) is 0 Å². The van der Waals surface area contributed by atoms with Crippen LogP contribution in [0.5, 0.6) is 0 Å². The number of aryl methyl sites for hydroxylation is 2. The van der Waals surface area contributed by atoms with Crippen LogP contribution >= 0.6 is 11.6 Å². The van der Waals surface area contributed by atoms with E-state index in [1.165, 1.54) is 0 Å². The molecule has 0 aliphatic rings. The first-order valence-electron chi connectivity index (χ1n) is 7.55. The Morgan fingerprint density at radius 2 is 1.75 bits per heavy atom. The summed E-state index contributed by atoms with van der Waals surface area (Å²) in [6.07, 6.45) is 0. The molecule has 4 nitrogen and oxygen atoms in total. The molecule has 0 atom stereocenters. The van der Waals surface area contributed by atoms with Crippen LogP contribution in [-0.4, -0.2) is 18.1 Å². The van der Waals surface area contributed by atoms with Crippen LogP contribution in [0.3, 0.4) is 0 Å². The molecule has 1 heterocycles. The number of hydrogen-bond donors (Lipinski definition) is 0. The minimum Gasteiger partial charge on any atom is -0.360 e. The van der Waals surface area contributed by atoms with E-state index in [4.69, 9.17) is 16.1 Å². The van der Waals surface area contributed by atoms with Crippen molar-refractivity contribution in [2.24, 2.45) is 0 Å². The third-order valence-corrected chi connectivity index (χ3v) is 4.25. The Morgan fingerprint density at radius 1 is 1.08 bits per heavy atom. The van der Waals surface area contributed by atoms with Gasteiger partial charge in [0.1, 0.15) is 17.0 Å². The highest BCUT2D eigenvalue weighted by Crippen LogP contribution is 2.30. The van der Waals surface area contributed by atoms with Gasteiger partial charge in [0.15, 0.2) is 0 Å². The summed E-state index contributed by atoms with van der Waals surface area (Å²) < 4.78 is 5.31. The number of carbonyl (C=O) groups is 1. The monoisotopic (exact) mass is 340 g/mol. The molecule has 2 aromatic carbocycles. The lowest BCUT2D eigenvalue weighted by Crippen LogP contribution is -2.27. The Labute approximate surface area is 145 Å². The van der Waals surface area contributed by atoms with Gasteiger partial charge in [-0.15, -0.1) is 0 Å². The maximum absolute atomic E-state index is 13.0. The molecule has 0 fully saturated rings. The van der Waals surface area contributed by atoms with E-state index >= 15 is 0 Å². The summed E-state index contributed by atoms with van der Waals surface area (Å²) in [6, 6.07) is 14.9. The fourth-order valence-corrected chi connectivity index (χ4v) is 2.72. The molecule has 122 valence electrons. The topological polar surface area (TPSA) is 46.3 Å². The van der Waals surface area contributed by atoms with Gasteiger partial charge in [-0.1, -0.05) is 41.0 Å². The number of amides is 1. The predicted molar refractivity (Wildman–Crippen MR) is 95.6 cm³/mol. The van der Waals surface area contributed by atoms with E-state index in [1.54, 1.807) is 43.1 Å². The summed E-state index contributed by atoms with van der Waals surface area (Å²) in [4.78, 5) is 14.6. The van der Waals surface area contributed by atoms with Gasteiger partial charge in [-0.3, -0.25) is 4.79 Å². The summed E-state index contributed by atoms with van der Waals surface area (Å²) in [5, 5.41) is 4.74. The fourth-order valence-electron chi connectivity index (χ4n) is 2.60. The van der Waals surface area contributed by atoms with Gasteiger partial charge in [-0.25, -0.2) is 0 Å². The van der Waals surface area contributed by atoms with Gasteiger partial charge in [-0.05, 0) is 43.7 Å². The number of aromatic nitrogens is 1. The summed E-state index contributed by atoms with van der Waals surface area (Å²) in [7, 11) is 1.72. The molecule has 3 rings (SSSR count). The SMILES string of the molecule is Cc1ccccc1-c1noc(C)c1C(=O)N(C)c1ccc(Cl)cc1. The van der Waals surface area contributed by atoms with Crippen LogP contribution in [0.15, 0.2) is 53.1 Å². The van der Waals surface area contributed by atoms with Crippen LogP contribution in [0, 0.1) is 13.8 Å². The molecule has 0 bridgehead atoms. The van der Waals surface area contributed by atoms with Crippen molar-refractivity contribution in [2.75, 3.05) is 11.9 Å². The average Bonchev–Trinajstić information content (AvgIpc) is 2.96. The van der Waals surface area contributed by atoms with Crippen molar-refractivity contribution in [1.82, 2.24) is 5.16 Å². The lowest BCUT2D eigenvalue weighted by atomic mass is 10.0. The number of hydrogen-bond acceptors (Lipinski definition) is 3. The smallest absolute Gasteiger partial charge is 0.263 e. The number of nitrogens with zero attached hydrogens (tertiary/aromatic N) is 2. The summed E-state index contributed by atoms with van der Waals surface area (Å²) >= 11 is 5.91. The Kier molecular flexibility index (Phi) is 4.40. The Balaban J connectivity index is 2.03. The molecule has 0 saturated heterocycles. The molecular weight excluding hydrogens is 324 g/mol. The van der Waals surface area contributed by atoms with Crippen LogP contribution in [0.2, 0.25) is 5.02 Å². The molecule has 24 heavy (non-hydrogen) atoms. The largest absolute Gasteiger partial charge is 0.360 e. The van der Waals surface area contributed by atoms with E-state index in [1.807, 2.05) is 31.2 Å². The minimum absolute atomic E-state index is 0.172. The fraction of sp³-hybridized carbons (Fsp3) is 0.158. The van der Waals surface area contributed by atoms with Gasteiger partial charge in [0.2, 0.25) is 0 Å². The normalized spacial score (nSPS) is 10.7. The molecule has 0 unspecified atom stereocenters. The summed E-state index contributed by atoms with van der Waals surface area (Å²) in [5.41, 5.74) is 3.72. The molecule has 1 aromatic heterocycles. The zero-order valence-electron chi connectivity index (χ0n) is 13.7. The maximum atomic E-state index is 13.0. The molecule has 0 aliphatic heterocycles. The van der Waals surface area contributed by atoms with E-state index in [9.17, 15) is 4.79 Å². The molecule has 3 aromatic rings. The quantitative estimate of drug-likeness (QED) is 0.682. The van der Waals surface area contributed by atoms with E-state index in [-0.39, 0.29) is 5.91 Å². The van der Waals surface area contributed by atoms with Crippen molar-refractivity contribution in [2.45, 2.75) is 13.8 Å². The maximum Gasteiger partial charge on any atom is 0.263 e. The molecule has 0 spiro atoms. The van der Waals surface area contributed by atoms with E-state index in [2.05, 4.69) is 5.16 Å². The number of benzene rings is 2. The third kappa shape index (κ3) is 2.93. The second-order valence-electron chi connectivity index (χ2n) is 5.62. The number of rotatable bonds is 3. The van der Waals surface area contributed by atoms with E-state index in [0.717, 1.165) is 16.8 Å². The van der Waals surface area contributed by atoms with Gasteiger partial charge in [-0.2, -0.15) is 0 Å². The first kappa shape index (κ1) is 16.3. The van der Waals surface area contributed by atoms with Gasteiger partial charge < -0.3 is 9.42 Å². The first-order valence-corrected chi connectivity index (χ1v) is 7.92. The zero-order chi connectivity index (χ0) is 17.3. The summed E-state index contributed by atoms with van der Waals surface area (Å²) in [6.45, 7) is 3.73. The van der Waals surface area contributed by atoms with Gasteiger partial charge in [0, 0.05) is 23.3 Å². The molecule has 0 radical (unpaired) electrons. The van der Waals surface area contributed by atoms with Crippen LogP contribution in [0.4, 0.5) is 5.69 Å². The van der Waals surface area contributed by atoms with Crippen molar-refractivity contribution in [3.8, 4) is 11.3 Å². The van der Waals surface area contributed by atoms with Crippen molar-refractivity contribution in [1.29, 1.82) is 0 Å². The van der Waals surface area contributed by atoms with Gasteiger partial charge in [0.25, 0.3) is 5.91 Å². The second kappa shape index (κ2) is 6.49. The molecule has 0 saturated carbocycles. The van der Waals surface area contributed by atoms with Crippen molar-refractivity contribution in [3.63, 3.8) is 0 Å². The lowest BCUT2D eigenvalue weighted by molar-refractivity contribution is 0.0992. The highest BCUT2D eigenvalue weighted by molar-refractivity contribution is 6.30. The minimum atomic E-state index is -0.172. The highest BCUT2D eigenvalue weighted by Gasteiger charge is 2.25. The van der Waals surface area contributed by atoms with E-state index in [0.29, 0.717) is 22.0 Å². The molecule has 0 aliphatic carbocycles. The zero-order valence-corrected chi connectivity index (χ0v) is 14.5. The molecule has 0 N–H and O–H groups in total. The van der Waals surface area contributed by atoms with E-state index < -0.39 is 0 Å². The molecule has 5 heteroatoms. The number of carbonyl (C=O) groups excluding carboxylic acids is 1. The van der Waals surface area contributed by atoms with Crippen molar-refractivity contribution in [3.05, 3.63) is 70.4 Å². The first-order chi connectivity index (χ1) is 11.5. The standard InChI is InChI=1S/C19H17ClN2O2/c1-12-6-4-5-7-16(12)18-17(13(2)24-21-18)19(23)22(3)15-10-8-14(20)9-11-15/h4-11H,1-3H3. The average molecular weight is 341 g/mol. The summed E-state index contributed by atoms with van der Waals surface area (Å²) in [5.74, 6) is 0.327. The van der Waals surface area contributed by atoms with Crippen LogP contribution < -0.4 is 4.90 Å². The second-order valence-corrected chi connectivity index (χ2v) is 6.05. The third-order valence-electron chi connectivity index (χ3n) is 4.00. The lowest BCUT2D eigenvalue weighted by Gasteiger charge is -2.17.